The van der Waals surface area contributed by atoms with Crippen LogP contribution in [0.15, 0.2) is 53.0 Å². The number of dihydropyridines is 1. The number of amides is 2. The molecule has 8 nitrogen and oxygen atoms in total. The third-order valence-corrected chi connectivity index (χ3v) is 7.83. The lowest BCUT2D eigenvalue weighted by atomic mass is 9.95. The Bertz CT molecular complexity index is 1380. The minimum Gasteiger partial charge on any atom is -0.381 e. The van der Waals surface area contributed by atoms with Crippen molar-refractivity contribution in [1.29, 1.82) is 0 Å². The smallest absolute Gasteiger partial charge is 0.381 e. The first-order chi connectivity index (χ1) is 20.1. The van der Waals surface area contributed by atoms with E-state index in [-0.39, 0.29) is 5.69 Å². The number of ether oxygens (including phenoxy) is 1. The Labute approximate surface area is 241 Å². The summed E-state index contributed by atoms with van der Waals surface area (Å²) in [5.74, 6) is -4.33. The molecule has 2 saturated heterocycles. The lowest BCUT2D eigenvalue weighted by Gasteiger charge is -2.35. The molecular formula is C30H33F4N5O3. The molecule has 2 aromatic rings. The summed E-state index contributed by atoms with van der Waals surface area (Å²) in [5, 5.41) is 6.12. The van der Waals surface area contributed by atoms with Crippen molar-refractivity contribution in [2.45, 2.75) is 31.6 Å². The van der Waals surface area contributed by atoms with Crippen LogP contribution in [-0.2, 0) is 20.9 Å². The number of piperazine rings is 1. The maximum absolute atomic E-state index is 15.1. The van der Waals surface area contributed by atoms with Gasteiger partial charge in [-0.2, -0.15) is 13.2 Å². The Morgan fingerprint density at radius 2 is 1.81 bits per heavy atom. The highest BCUT2D eigenvalue weighted by molar-refractivity contribution is 6.11. The third kappa shape index (κ3) is 7.05. The van der Waals surface area contributed by atoms with Crippen molar-refractivity contribution in [3.8, 4) is 11.1 Å². The second-order valence-corrected chi connectivity index (χ2v) is 10.8. The van der Waals surface area contributed by atoms with Crippen LogP contribution in [0, 0.1) is 11.7 Å². The summed E-state index contributed by atoms with van der Waals surface area (Å²) >= 11 is 0. The summed E-state index contributed by atoms with van der Waals surface area (Å²) in [6, 6.07) is 10.2. The van der Waals surface area contributed by atoms with E-state index >= 15 is 4.39 Å². The SMILES string of the molecule is CN1CCN(c2ccc(-c3cc(CNC4CCOCC4)ccc3F)cc2NC(=O)C2C=NC(=O)C=C2C(F)(F)F)CC1. The van der Waals surface area contributed by atoms with Gasteiger partial charge in [-0.15, -0.1) is 0 Å². The summed E-state index contributed by atoms with van der Waals surface area (Å²) < 4.78 is 61.6. The Hall–Kier alpha value is -3.61. The van der Waals surface area contributed by atoms with Crippen LogP contribution in [0.5, 0.6) is 0 Å². The van der Waals surface area contributed by atoms with Gasteiger partial charge in [-0.3, -0.25) is 9.59 Å². The average molecular weight is 588 g/mol. The van der Waals surface area contributed by atoms with Gasteiger partial charge < -0.3 is 25.2 Å². The van der Waals surface area contributed by atoms with Crippen LogP contribution >= 0.6 is 0 Å². The standard InChI is InChI=1S/C30H33F4N5O3/c1-38-8-10-39(11-9-38)27-5-3-20(22-14-19(2-4-25(22)31)17-35-21-6-12-42-13-7-21)15-26(27)37-29(41)23-18-36-28(40)16-24(23)30(32,33)34/h2-5,14-16,18,21,23,35H,6-13,17H2,1H3,(H,37,41). The van der Waals surface area contributed by atoms with Crippen LogP contribution in [0.2, 0.25) is 0 Å². The number of likely N-dealkylation sites (N-methyl/N-ethyl adjacent to an activating group) is 1. The minimum atomic E-state index is -4.89. The lowest BCUT2D eigenvalue weighted by Crippen LogP contribution is -2.44. The fourth-order valence-corrected chi connectivity index (χ4v) is 5.36. The molecule has 0 saturated carbocycles. The molecule has 0 aromatic heterocycles. The van der Waals surface area contributed by atoms with Crippen molar-refractivity contribution in [3.05, 3.63) is 59.4 Å². The molecule has 0 bridgehead atoms. The maximum Gasteiger partial charge on any atom is 0.414 e. The van der Waals surface area contributed by atoms with Crippen LogP contribution in [0.25, 0.3) is 11.1 Å². The third-order valence-electron chi connectivity index (χ3n) is 7.83. The van der Waals surface area contributed by atoms with E-state index in [0.29, 0.717) is 68.0 Å². The zero-order valence-corrected chi connectivity index (χ0v) is 23.2. The van der Waals surface area contributed by atoms with Gasteiger partial charge in [-0.1, -0.05) is 12.1 Å². The fourth-order valence-electron chi connectivity index (χ4n) is 5.36. The van der Waals surface area contributed by atoms with Crippen LogP contribution in [-0.4, -0.2) is 81.6 Å². The summed E-state index contributed by atoms with van der Waals surface area (Å²) in [5.41, 5.74) is 1.22. The van der Waals surface area contributed by atoms with Gasteiger partial charge in [0.05, 0.1) is 16.9 Å². The summed E-state index contributed by atoms with van der Waals surface area (Å²) in [6.45, 7) is 4.70. The van der Waals surface area contributed by atoms with Crippen LogP contribution in [0.4, 0.5) is 28.9 Å². The number of benzene rings is 2. The van der Waals surface area contributed by atoms with E-state index in [1.807, 2.05) is 11.9 Å². The fraction of sp³-hybridized carbons (Fsp3) is 0.433. The van der Waals surface area contributed by atoms with Crippen molar-refractivity contribution < 1.29 is 31.9 Å². The zero-order chi connectivity index (χ0) is 29.9. The first-order valence-electron chi connectivity index (χ1n) is 13.9. The average Bonchev–Trinajstić information content (AvgIpc) is 2.97. The second-order valence-electron chi connectivity index (χ2n) is 10.8. The minimum absolute atomic E-state index is 0.249. The summed E-state index contributed by atoms with van der Waals surface area (Å²) in [7, 11) is 1.99. The highest BCUT2D eigenvalue weighted by Gasteiger charge is 2.43. The number of hydrogen-bond acceptors (Lipinski definition) is 6. The summed E-state index contributed by atoms with van der Waals surface area (Å²) in [6.07, 6.45) is -2.04. The highest BCUT2D eigenvalue weighted by atomic mass is 19.4. The number of hydrogen-bond donors (Lipinski definition) is 2. The van der Waals surface area contributed by atoms with E-state index in [2.05, 4.69) is 20.5 Å². The maximum atomic E-state index is 15.1. The Morgan fingerprint density at radius 1 is 1.07 bits per heavy atom. The lowest BCUT2D eigenvalue weighted by molar-refractivity contribution is -0.124. The van der Waals surface area contributed by atoms with Gasteiger partial charge in [-0.05, 0) is 55.3 Å². The van der Waals surface area contributed by atoms with E-state index in [4.69, 9.17) is 4.74 Å². The van der Waals surface area contributed by atoms with Gasteiger partial charge in [0.1, 0.15) is 11.7 Å². The number of halogens is 4. The Kier molecular flexibility index (Phi) is 9.05. The normalized spacial score (nSPS) is 20.5. The van der Waals surface area contributed by atoms with Gasteiger partial charge in [0.25, 0.3) is 5.91 Å². The zero-order valence-electron chi connectivity index (χ0n) is 23.2. The molecule has 0 spiro atoms. The largest absolute Gasteiger partial charge is 0.414 e. The van der Waals surface area contributed by atoms with Crippen LogP contribution < -0.4 is 15.5 Å². The second kappa shape index (κ2) is 12.7. The van der Waals surface area contributed by atoms with E-state index in [9.17, 15) is 22.8 Å². The number of aliphatic imine (C=N–C) groups is 1. The highest BCUT2D eigenvalue weighted by Crippen LogP contribution is 2.36. The molecule has 2 fully saturated rings. The first kappa shape index (κ1) is 29.9. The monoisotopic (exact) mass is 587 g/mol. The first-order valence-corrected chi connectivity index (χ1v) is 13.9. The van der Waals surface area contributed by atoms with Gasteiger partial charge >= 0.3 is 6.18 Å². The molecule has 2 amide bonds. The number of alkyl halides is 3. The number of carbonyl (C=O) groups excluding carboxylic acids is 2. The molecule has 0 radical (unpaired) electrons. The van der Waals surface area contributed by atoms with Gasteiger partial charge in [0.15, 0.2) is 0 Å². The number of anilines is 2. The van der Waals surface area contributed by atoms with Gasteiger partial charge in [0.2, 0.25) is 5.91 Å². The van der Waals surface area contributed by atoms with Crippen molar-refractivity contribution in [2.24, 2.45) is 10.9 Å². The number of rotatable bonds is 7. The quantitative estimate of drug-likeness (QED) is 0.474. The molecule has 3 aliphatic rings. The topological polar surface area (TPSA) is 86.3 Å². The summed E-state index contributed by atoms with van der Waals surface area (Å²) in [4.78, 5) is 32.4. The van der Waals surface area contributed by atoms with Crippen molar-refractivity contribution >= 4 is 29.4 Å². The molecule has 3 heterocycles. The Balaban J connectivity index is 1.44. The molecule has 42 heavy (non-hydrogen) atoms. The van der Waals surface area contributed by atoms with E-state index in [0.717, 1.165) is 31.5 Å². The number of nitrogens with zero attached hydrogens (tertiary/aromatic N) is 3. The molecule has 1 atom stereocenters. The van der Waals surface area contributed by atoms with Gasteiger partial charge in [-0.25, -0.2) is 9.38 Å². The molecular weight excluding hydrogens is 554 g/mol. The predicted octanol–water partition coefficient (Wildman–Crippen LogP) is 4.17. The van der Waals surface area contributed by atoms with Crippen molar-refractivity contribution in [1.82, 2.24) is 10.2 Å². The van der Waals surface area contributed by atoms with E-state index < -0.39 is 35.3 Å². The van der Waals surface area contributed by atoms with E-state index in [1.165, 1.54) is 6.07 Å². The molecule has 3 aliphatic heterocycles. The van der Waals surface area contributed by atoms with Crippen LogP contribution in [0.3, 0.4) is 0 Å². The number of carbonyl (C=O) groups is 2. The molecule has 0 aliphatic carbocycles. The van der Waals surface area contributed by atoms with Crippen molar-refractivity contribution in [2.75, 3.05) is 56.7 Å². The van der Waals surface area contributed by atoms with E-state index in [1.54, 1.807) is 30.3 Å². The molecule has 2 N–H and O–H groups in total. The van der Waals surface area contributed by atoms with Crippen LogP contribution in [0.1, 0.15) is 18.4 Å². The molecule has 12 heteroatoms. The predicted molar refractivity (Wildman–Crippen MR) is 152 cm³/mol. The van der Waals surface area contributed by atoms with Gasteiger partial charge in [0, 0.05) is 69.8 Å². The molecule has 224 valence electrons. The Morgan fingerprint density at radius 3 is 2.52 bits per heavy atom. The molecule has 1 unspecified atom stereocenters. The molecule has 5 rings (SSSR count). The number of nitrogens with one attached hydrogen (secondary N) is 2. The van der Waals surface area contributed by atoms with Crippen molar-refractivity contribution in [3.63, 3.8) is 0 Å². The molecule has 2 aromatic carbocycles.